The first-order chi connectivity index (χ1) is 15.1. The number of nitrogens with zero attached hydrogens (tertiary/aromatic N) is 4. The van der Waals surface area contributed by atoms with Crippen molar-refractivity contribution in [3.8, 4) is 22.7 Å². The Morgan fingerprint density at radius 2 is 1.84 bits per heavy atom. The van der Waals surface area contributed by atoms with Gasteiger partial charge in [-0.1, -0.05) is 59.8 Å². The number of aryl methyl sites for hydroxylation is 1. The van der Waals surface area contributed by atoms with E-state index in [1.807, 2.05) is 60.4 Å². The summed E-state index contributed by atoms with van der Waals surface area (Å²) < 4.78 is 11.4. The number of carbonyl (C=O) groups is 1. The van der Waals surface area contributed by atoms with Crippen LogP contribution in [0.3, 0.4) is 0 Å². The van der Waals surface area contributed by atoms with Gasteiger partial charge in [0.2, 0.25) is 11.8 Å². The number of fused-ring (bicyclic) bond motifs is 1. The van der Waals surface area contributed by atoms with Crippen molar-refractivity contribution in [3.05, 3.63) is 77.4 Å². The molecule has 5 rings (SSSR count). The lowest BCUT2D eigenvalue weighted by molar-refractivity contribution is -0.124. The third-order valence-electron chi connectivity index (χ3n) is 5.60. The molecule has 0 spiro atoms. The van der Waals surface area contributed by atoms with Crippen LogP contribution in [-0.2, 0) is 24.3 Å². The van der Waals surface area contributed by atoms with Crippen LogP contribution < -0.4 is 5.73 Å². The van der Waals surface area contributed by atoms with Gasteiger partial charge in [0.1, 0.15) is 17.0 Å². The van der Waals surface area contributed by atoms with Crippen molar-refractivity contribution in [2.45, 2.75) is 32.5 Å². The lowest BCUT2D eigenvalue weighted by Crippen LogP contribution is -2.48. The monoisotopic (exact) mass is 415 g/mol. The summed E-state index contributed by atoms with van der Waals surface area (Å²) in [7, 11) is 0. The fourth-order valence-corrected chi connectivity index (χ4v) is 4.03. The molecule has 2 N–H and O–H groups in total. The van der Waals surface area contributed by atoms with E-state index in [1.54, 1.807) is 0 Å². The predicted octanol–water partition coefficient (Wildman–Crippen LogP) is 3.11. The average molecular weight is 415 g/mol. The van der Waals surface area contributed by atoms with Gasteiger partial charge >= 0.3 is 0 Å². The first-order valence-corrected chi connectivity index (χ1v) is 10.0. The van der Waals surface area contributed by atoms with Crippen molar-refractivity contribution in [2.24, 2.45) is 5.73 Å². The van der Waals surface area contributed by atoms with E-state index >= 15 is 0 Å². The first-order valence-electron chi connectivity index (χ1n) is 10.0. The minimum absolute atomic E-state index is 0.319. The Morgan fingerprint density at radius 3 is 2.61 bits per heavy atom. The highest BCUT2D eigenvalue weighted by Crippen LogP contribution is 2.34. The zero-order chi connectivity index (χ0) is 21.4. The van der Waals surface area contributed by atoms with Crippen molar-refractivity contribution >= 4 is 5.91 Å². The Balaban J connectivity index is 1.43. The Kier molecular flexibility index (Phi) is 4.83. The van der Waals surface area contributed by atoms with Gasteiger partial charge in [0.05, 0.1) is 12.6 Å². The third-order valence-corrected chi connectivity index (χ3v) is 5.60. The topological polar surface area (TPSA) is 111 Å². The summed E-state index contributed by atoms with van der Waals surface area (Å²) in [6.45, 7) is 2.71. The van der Waals surface area contributed by atoms with Crippen molar-refractivity contribution < 1.29 is 13.7 Å². The molecule has 2 aromatic carbocycles. The minimum Gasteiger partial charge on any atom is -0.419 e. The van der Waals surface area contributed by atoms with Gasteiger partial charge < -0.3 is 14.7 Å². The Labute approximate surface area is 178 Å². The number of benzene rings is 2. The molecule has 1 atom stereocenters. The van der Waals surface area contributed by atoms with E-state index in [2.05, 4.69) is 21.4 Å². The molecule has 0 unspecified atom stereocenters. The second-order valence-corrected chi connectivity index (χ2v) is 7.63. The Morgan fingerprint density at radius 1 is 1.10 bits per heavy atom. The first kappa shape index (κ1) is 19.2. The molecule has 0 fully saturated rings. The van der Waals surface area contributed by atoms with Crippen LogP contribution in [0.2, 0.25) is 0 Å². The zero-order valence-electron chi connectivity index (χ0n) is 17.0. The van der Waals surface area contributed by atoms with Crippen LogP contribution in [0.25, 0.3) is 22.7 Å². The van der Waals surface area contributed by atoms with Gasteiger partial charge in [0, 0.05) is 12.1 Å². The van der Waals surface area contributed by atoms with E-state index in [9.17, 15) is 4.79 Å². The molecule has 0 radical (unpaired) electrons. The largest absolute Gasteiger partial charge is 0.419 e. The van der Waals surface area contributed by atoms with Gasteiger partial charge in [-0.05, 0) is 24.5 Å². The van der Waals surface area contributed by atoms with E-state index in [0.717, 1.165) is 11.1 Å². The van der Waals surface area contributed by atoms with E-state index < -0.39 is 6.04 Å². The molecule has 8 heteroatoms. The summed E-state index contributed by atoms with van der Waals surface area (Å²) in [4.78, 5) is 14.1. The molecule has 3 heterocycles. The molecule has 1 aliphatic rings. The van der Waals surface area contributed by atoms with Crippen LogP contribution in [-0.4, -0.2) is 32.2 Å². The second kappa shape index (κ2) is 7.81. The van der Waals surface area contributed by atoms with E-state index in [1.165, 1.54) is 5.56 Å². The van der Waals surface area contributed by atoms with E-state index in [-0.39, 0.29) is 5.91 Å². The Hall–Kier alpha value is -3.78. The number of carbonyl (C=O) groups excluding carboxylic acids is 1. The fourth-order valence-electron chi connectivity index (χ4n) is 4.03. The van der Waals surface area contributed by atoms with Crippen LogP contribution in [0.5, 0.6) is 0 Å². The third kappa shape index (κ3) is 3.62. The Bertz CT molecular complexity index is 1230. The highest BCUT2D eigenvalue weighted by Gasteiger charge is 2.31. The number of aromatic nitrogens is 3. The molecule has 156 valence electrons. The smallest absolute Gasteiger partial charge is 0.253 e. The summed E-state index contributed by atoms with van der Waals surface area (Å²) in [6, 6.07) is 17.3. The molecule has 8 nitrogen and oxygen atoms in total. The minimum atomic E-state index is -0.428. The van der Waals surface area contributed by atoms with Gasteiger partial charge in [-0.25, -0.2) is 0 Å². The summed E-state index contributed by atoms with van der Waals surface area (Å²) >= 11 is 0. The number of amides is 1. The zero-order valence-corrected chi connectivity index (χ0v) is 17.0. The fraction of sp³-hybridized carbons (Fsp3) is 0.217. The SMILES string of the molecule is Cc1onc(-c2ccccc2)c1-c1nnc(CN2Cc3ccccc3C[C@H]2C(N)=O)o1. The van der Waals surface area contributed by atoms with E-state index in [0.29, 0.717) is 48.3 Å². The van der Waals surface area contributed by atoms with Crippen molar-refractivity contribution in [2.75, 3.05) is 0 Å². The molecule has 0 aliphatic carbocycles. The molecule has 2 aromatic heterocycles. The molecule has 31 heavy (non-hydrogen) atoms. The van der Waals surface area contributed by atoms with Gasteiger partial charge in [-0.2, -0.15) is 0 Å². The van der Waals surface area contributed by atoms with Gasteiger partial charge in [0.25, 0.3) is 5.89 Å². The summed E-state index contributed by atoms with van der Waals surface area (Å²) in [6.07, 6.45) is 0.565. The van der Waals surface area contributed by atoms with Crippen LogP contribution in [0.1, 0.15) is 22.8 Å². The van der Waals surface area contributed by atoms with Crippen molar-refractivity contribution in [3.63, 3.8) is 0 Å². The number of primary amides is 1. The highest BCUT2D eigenvalue weighted by atomic mass is 16.5. The summed E-state index contributed by atoms with van der Waals surface area (Å²) in [5, 5.41) is 12.6. The molecular weight excluding hydrogens is 394 g/mol. The van der Waals surface area contributed by atoms with E-state index in [4.69, 9.17) is 14.7 Å². The predicted molar refractivity (Wildman–Crippen MR) is 112 cm³/mol. The molecule has 0 saturated heterocycles. The quantitative estimate of drug-likeness (QED) is 0.533. The number of hydrogen-bond acceptors (Lipinski definition) is 7. The van der Waals surface area contributed by atoms with Crippen molar-refractivity contribution in [1.29, 1.82) is 0 Å². The summed E-state index contributed by atoms with van der Waals surface area (Å²) in [5.41, 5.74) is 10.2. The average Bonchev–Trinajstić information content (AvgIpc) is 3.39. The van der Waals surface area contributed by atoms with Gasteiger partial charge in [-0.15, -0.1) is 10.2 Å². The number of rotatable bonds is 5. The number of nitrogens with two attached hydrogens (primary N) is 1. The molecular formula is C23H21N5O3. The molecule has 0 bridgehead atoms. The lowest BCUT2D eigenvalue weighted by atomic mass is 9.93. The number of hydrogen-bond donors (Lipinski definition) is 1. The van der Waals surface area contributed by atoms with Gasteiger partial charge in [-0.3, -0.25) is 9.69 Å². The van der Waals surface area contributed by atoms with Gasteiger partial charge in [0.15, 0.2) is 0 Å². The standard InChI is InChI=1S/C23H21N5O3/c1-14-20(21(27-31-14)15-7-3-2-4-8-15)23-26-25-19(30-23)13-28-12-17-10-6-5-9-16(17)11-18(28)22(24)29/h2-10,18H,11-13H2,1H3,(H2,24,29)/t18-/m0/s1. The molecule has 1 aliphatic heterocycles. The van der Waals surface area contributed by atoms with Crippen molar-refractivity contribution in [1.82, 2.24) is 20.3 Å². The molecule has 0 saturated carbocycles. The maximum Gasteiger partial charge on any atom is 0.253 e. The highest BCUT2D eigenvalue weighted by molar-refractivity contribution is 5.80. The molecule has 4 aromatic rings. The summed E-state index contributed by atoms with van der Waals surface area (Å²) in [5.74, 6) is 0.965. The van der Waals surface area contributed by atoms with Crippen LogP contribution in [0.4, 0.5) is 0 Å². The maximum absolute atomic E-state index is 12.1. The lowest BCUT2D eigenvalue weighted by Gasteiger charge is -2.33. The molecule has 1 amide bonds. The van der Waals surface area contributed by atoms with Crippen LogP contribution >= 0.6 is 0 Å². The van der Waals surface area contributed by atoms with Crippen LogP contribution in [0.15, 0.2) is 63.5 Å². The normalized spacial score (nSPS) is 16.2. The van der Waals surface area contributed by atoms with Crippen LogP contribution in [0, 0.1) is 6.92 Å². The maximum atomic E-state index is 12.1. The second-order valence-electron chi connectivity index (χ2n) is 7.63.